The number of benzene rings is 2. The molecule has 0 aliphatic rings. The van der Waals surface area contributed by atoms with E-state index in [0.717, 1.165) is 21.1 Å². The average Bonchev–Trinajstić information content (AvgIpc) is 3.28. The van der Waals surface area contributed by atoms with Gasteiger partial charge in [0.15, 0.2) is 18.2 Å². The molecular formula is C18H14FN5O2S. The minimum atomic E-state index is -0.494. The lowest BCUT2D eigenvalue weighted by Gasteiger charge is -2.08. The van der Waals surface area contributed by atoms with Crippen molar-refractivity contribution in [2.75, 3.05) is 6.61 Å². The maximum Gasteiger partial charge on any atom is 0.258 e. The van der Waals surface area contributed by atoms with Crippen LogP contribution < -0.4 is 10.1 Å². The molecule has 0 spiro atoms. The number of nitrogens with one attached hydrogen (secondary N) is 1. The summed E-state index contributed by atoms with van der Waals surface area (Å²) in [6.45, 7) is 0.108. The zero-order valence-electron chi connectivity index (χ0n) is 14.0. The Bertz CT molecular complexity index is 1050. The first kappa shape index (κ1) is 17.1. The lowest BCUT2D eigenvalue weighted by Crippen LogP contribution is -2.28. The SMILES string of the molecule is O=C(COc1ccccc1F)NCc1ccc(-c2nn3cnnc3s2)cc1. The minimum Gasteiger partial charge on any atom is -0.481 e. The number of rotatable bonds is 6. The summed E-state index contributed by atoms with van der Waals surface area (Å²) in [4.78, 5) is 12.6. The van der Waals surface area contributed by atoms with Crippen LogP contribution in [-0.2, 0) is 11.3 Å². The van der Waals surface area contributed by atoms with Crippen molar-refractivity contribution in [2.45, 2.75) is 6.54 Å². The number of hydrogen-bond acceptors (Lipinski definition) is 6. The van der Waals surface area contributed by atoms with E-state index in [0.29, 0.717) is 6.54 Å². The van der Waals surface area contributed by atoms with Crippen LogP contribution in [0.15, 0.2) is 54.9 Å². The van der Waals surface area contributed by atoms with Gasteiger partial charge in [-0.3, -0.25) is 4.79 Å². The van der Waals surface area contributed by atoms with E-state index >= 15 is 0 Å². The molecule has 0 aliphatic carbocycles. The number of ether oxygens (including phenoxy) is 1. The lowest BCUT2D eigenvalue weighted by atomic mass is 10.1. The molecular weight excluding hydrogens is 369 g/mol. The van der Waals surface area contributed by atoms with Crippen LogP contribution in [-0.4, -0.2) is 32.3 Å². The number of aromatic nitrogens is 4. The molecule has 0 atom stereocenters. The number of carbonyl (C=O) groups is 1. The largest absolute Gasteiger partial charge is 0.481 e. The molecule has 7 nitrogen and oxygen atoms in total. The molecule has 0 fully saturated rings. The van der Waals surface area contributed by atoms with Gasteiger partial charge in [-0.25, -0.2) is 4.39 Å². The molecule has 136 valence electrons. The summed E-state index contributed by atoms with van der Waals surface area (Å²) in [5.74, 6) is -0.760. The van der Waals surface area contributed by atoms with Gasteiger partial charge in [0.05, 0.1) is 0 Å². The molecule has 1 N–H and O–H groups in total. The van der Waals surface area contributed by atoms with Crippen molar-refractivity contribution in [3.63, 3.8) is 0 Å². The molecule has 1 amide bonds. The number of para-hydroxylation sites is 1. The molecule has 0 unspecified atom stereocenters. The summed E-state index contributed by atoms with van der Waals surface area (Å²) in [5, 5.41) is 15.7. The van der Waals surface area contributed by atoms with Crippen molar-refractivity contribution in [1.29, 1.82) is 0 Å². The third-order valence-electron chi connectivity index (χ3n) is 3.77. The van der Waals surface area contributed by atoms with Gasteiger partial charge in [0, 0.05) is 12.1 Å². The number of halogens is 1. The van der Waals surface area contributed by atoms with Crippen molar-refractivity contribution in [3.05, 3.63) is 66.2 Å². The first-order valence-electron chi connectivity index (χ1n) is 8.09. The fourth-order valence-electron chi connectivity index (χ4n) is 2.40. The Morgan fingerprint density at radius 1 is 1.19 bits per heavy atom. The lowest BCUT2D eigenvalue weighted by molar-refractivity contribution is -0.123. The molecule has 0 saturated carbocycles. The van der Waals surface area contributed by atoms with Crippen LogP contribution in [0.4, 0.5) is 4.39 Å². The van der Waals surface area contributed by atoms with Crippen molar-refractivity contribution in [1.82, 2.24) is 25.1 Å². The second-order valence-electron chi connectivity index (χ2n) is 5.66. The van der Waals surface area contributed by atoms with Crippen molar-refractivity contribution >= 4 is 22.2 Å². The number of carbonyl (C=O) groups excluding carboxylic acids is 1. The zero-order chi connectivity index (χ0) is 18.6. The smallest absolute Gasteiger partial charge is 0.258 e. The molecule has 0 bridgehead atoms. The maximum absolute atomic E-state index is 13.4. The van der Waals surface area contributed by atoms with Gasteiger partial charge in [-0.1, -0.05) is 47.7 Å². The van der Waals surface area contributed by atoms with E-state index in [4.69, 9.17) is 4.74 Å². The topological polar surface area (TPSA) is 81.4 Å². The highest BCUT2D eigenvalue weighted by Crippen LogP contribution is 2.24. The molecule has 0 saturated heterocycles. The Morgan fingerprint density at radius 3 is 2.78 bits per heavy atom. The second kappa shape index (κ2) is 7.50. The van der Waals surface area contributed by atoms with E-state index in [1.807, 2.05) is 24.3 Å². The number of fused-ring (bicyclic) bond motifs is 1. The molecule has 27 heavy (non-hydrogen) atoms. The predicted molar refractivity (Wildman–Crippen MR) is 97.8 cm³/mol. The minimum absolute atomic E-state index is 0.0574. The van der Waals surface area contributed by atoms with Crippen LogP contribution in [0.5, 0.6) is 5.75 Å². The summed E-state index contributed by atoms with van der Waals surface area (Å²) in [7, 11) is 0. The molecule has 4 aromatic rings. The van der Waals surface area contributed by atoms with Gasteiger partial charge in [0.25, 0.3) is 5.91 Å². The Kier molecular flexibility index (Phi) is 4.75. The van der Waals surface area contributed by atoms with Crippen molar-refractivity contribution in [2.24, 2.45) is 0 Å². The van der Waals surface area contributed by atoms with E-state index in [-0.39, 0.29) is 18.3 Å². The average molecular weight is 383 g/mol. The monoisotopic (exact) mass is 383 g/mol. The Morgan fingerprint density at radius 2 is 2.00 bits per heavy atom. The van der Waals surface area contributed by atoms with Gasteiger partial charge < -0.3 is 10.1 Å². The standard InChI is InChI=1S/C18H14FN5O2S/c19-14-3-1-2-4-15(14)26-10-16(25)20-9-12-5-7-13(8-6-12)17-23-24-11-21-22-18(24)27-17/h1-8,11H,9-10H2,(H,20,25). The first-order chi connectivity index (χ1) is 13.2. The van der Waals surface area contributed by atoms with Gasteiger partial charge in [0.2, 0.25) is 4.96 Å². The highest BCUT2D eigenvalue weighted by Gasteiger charge is 2.09. The summed E-state index contributed by atoms with van der Waals surface area (Å²) in [5.41, 5.74) is 1.89. The summed E-state index contributed by atoms with van der Waals surface area (Å²) >= 11 is 1.45. The van der Waals surface area contributed by atoms with Gasteiger partial charge in [-0.2, -0.15) is 9.61 Å². The molecule has 2 heterocycles. The van der Waals surface area contributed by atoms with Gasteiger partial charge in [0.1, 0.15) is 11.3 Å². The summed E-state index contributed by atoms with van der Waals surface area (Å²) in [6.07, 6.45) is 1.56. The van der Waals surface area contributed by atoms with Crippen LogP contribution in [0.2, 0.25) is 0 Å². The van der Waals surface area contributed by atoms with Crippen LogP contribution in [0, 0.1) is 5.82 Å². The quantitative estimate of drug-likeness (QED) is 0.554. The van der Waals surface area contributed by atoms with Crippen molar-refractivity contribution < 1.29 is 13.9 Å². The highest BCUT2D eigenvalue weighted by atomic mass is 32.1. The van der Waals surface area contributed by atoms with Gasteiger partial charge >= 0.3 is 0 Å². The fourth-order valence-corrected chi connectivity index (χ4v) is 3.22. The second-order valence-corrected chi connectivity index (χ2v) is 6.61. The van der Waals surface area contributed by atoms with E-state index in [1.165, 1.54) is 23.5 Å². The van der Waals surface area contributed by atoms with E-state index in [9.17, 15) is 9.18 Å². The Labute approximate surface area is 157 Å². The maximum atomic E-state index is 13.4. The van der Waals surface area contributed by atoms with Crippen molar-refractivity contribution in [3.8, 4) is 16.3 Å². The highest BCUT2D eigenvalue weighted by molar-refractivity contribution is 7.19. The van der Waals surface area contributed by atoms with E-state index in [2.05, 4.69) is 20.6 Å². The Balaban J connectivity index is 1.31. The zero-order valence-corrected chi connectivity index (χ0v) is 14.8. The Hall–Kier alpha value is -3.33. The summed E-state index contributed by atoms with van der Waals surface area (Å²) in [6, 6.07) is 13.7. The molecule has 0 radical (unpaired) electrons. The molecule has 0 aliphatic heterocycles. The molecule has 9 heteroatoms. The summed E-state index contributed by atoms with van der Waals surface area (Å²) < 4.78 is 20.3. The molecule has 2 aromatic carbocycles. The third-order valence-corrected chi connectivity index (χ3v) is 4.73. The molecule has 4 rings (SSSR count). The van der Waals surface area contributed by atoms with Crippen LogP contribution in [0.3, 0.4) is 0 Å². The normalized spacial score (nSPS) is 10.9. The van der Waals surface area contributed by atoms with E-state index in [1.54, 1.807) is 23.0 Å². The first-order valence-corrected chi connectivity index (χ1v) is 8.91. The molecule has 2 aromatic heterocycles. The van der Waals surface area contributed by atoms with Crippen LogP contribution in [0.1, 0.15) is 5.56 Å². The number of hydrogen-bond donors (Lipinski definition) is 1. The fraction of sp³-hybridized carbons (Fsp3) is 0.111. The predicted octanol–water partition coefficient (Wildman–Crippen LogP) is 2.69. The van der Waals surface area contributed by atoms with Gasteiger partial charge in [-0.15, -0.1) is 10.2 Å². The van der Waals surface area contributed by atoms with E-state index < -0.39 is 5.82 Å². The number of amides is 1. The van der Waals surface area contributed by atoms with Crippen LogP contribution >= 0.6 is 11.3 Å². The third kappa shape index (κ3) is 3.93. The van der Waals surface area contributed by atoms with Crippen LogP contribution in [0.25, 0.3) is 15.5 Å². The van der Waals surface area contributed by atoms with Gasteiger partial charge in [-0.05, 0) is 17.7 Å². The number of nitrogens with zero attached hydrogens (tertiary/aromatic N) is 4.